The number of carbonyl (C=O) groups excluding carboxylic acids is 2. The molecule has 4 nitrogen and oxygen atoms in total. The number of ether oxygens (including phenoxy) is 1. The Morgan fingerprint density at radius 1 is 1.28 bits per heavy atom. The lowest BCUT2D eigenvalue weighted by molar-refractivity contribution is -0.155. The smallest absolute Gasteiger partial charge is 0.306 e. The molecule has 0 aliphatic heterocycles. The molecule has 0 saturated heterocycles. The highest BCUT2D eigenvalue weighted by Crippen LogP contribution is 2.09. The molecule has 0 bridgehead atoms. The van der Waals surface area contributed by atoms with Gasteiger partial charge in [0.15, 0.2) is 0 Å². The Morgan fingerprint density at radius 3 is 2.33 bits per heavy atom. The van der Waals surface area contributed by atoms with E-state index in [1.54, 1.807) is 11.8 Å². The van der Waals surface area contributed by atoms with Crippen LogP contribution < -0.4 is 5.32 Å². The van der Waals surface area contributed by atoms with Crippen molar-refractivity contribution in [3.05, 3.63) is 0 Å². The monoisotopic (exact) mass is 275 g/mol. The summed E-state index contributed by atoms with van der Waals surface area (Å²) in [6, 6.07) is 0.186. The number of amides is 1. The van der Waals surface area contributed by atoms with Crippen LogP contribution in [0.1, 0.15) is 47.0 Å². The normalized spacial score (nSPS) is 12.9. The first kappa shape index (κ1) is 17.3. The Hall–Kier alpha value is -0.710. The summed E-state index contributed by atoms with van der Waals surface area (Å²) in [6.07, 6.45) is 3.24. The first-order chi connectivity index (χ1) is 8.28. The molecule has 0 heterocycles. The van der Waals surface area contributed by atoms with E-state index in [4.69, 9.17) is 4.74 Å². The molecule has 0 aromatic heterocycles. The van der Waals surface area contributed by atoms with E-state index in [0.29, 0.717) is 0 Å². The summed E-state index contributed by atoms with van der Waals surface area (Å²) >= 11 is 1.70. The van der Waals surface area contributed by atoms with Crippen LogP contribution in [0, 0.1) is 0 Å². The van der Waals surface area contributed by atoms with Gasteiger partial charge in [0.05, 0.1) is 6.42 Å². The maximum atomic E-state index is 11.6. The highest BCUT2D eigenvalue weighted by molar-refractivity contribution is 7.98. The largest absolute Gasteiger partial charge is 0.460 e. The minimum Gasteiger partial charge on any atom is -0.460 e. The van der Waals surface area contributed by atoms with Crippen molar-refractivity contribution in [3.63, 3.8) is 0 Å². The van der Waals surface area contributed by atoms with Crippen LogP contribution in [0.25, 0.3) is 0 Å². The summed E-state index contributed by atoms with van der Waals surface area (Å²) in [5.41, 5.74) is -0.488. The summed E-state index contributed by atoms with van der Waals surface area (Å²) in [4.78, 5) is 23.1. The zero-order chi connectivity index (χ0) is 14.2. The number of rotatable bonds is 7. The van der Waals surface area contributed by atoms with Crippen molar-refractivity contribution in [1.29, 1.82) is 0 Å². The third-order valence-corrected chi connectivity index (χ3v) is 2.94. The fourth-order valence-electron chi connectivity index (χ4n) is 1.37. The van der Waals surface area contributed by atoms with Crippen molar-refractivity contribution in [2.75, 3.05) is 12.0 Å². The standard InChI is InChI=1S/C13H25NO3S/c1-6-10(9-18-5)14-11(15)7-8-12(16)17-13(2,3)4/h10H,6-9H2,1-5H3,(H,14,15). The van der Waals surface area contributed by atoms with E-state index < -0.39 is 5.60 Å². The number of hydrogen-bond acceptors (Lipinski definition) is 4. The van der Waals surface area contributed by atoms with Gasteiger partial charge in [0, 0.05) is 18.2 Å². The zero-order valence-corrected chi connectivity index (χ0v) is 12.9. The van der Waals surface area contributed by atoms with Gasteiger partial charge in [-0.3, -0.25) is 9.59 Å². The molecule has 0 fully saturated rings. The maximum absolute atomic E-state index is 11.6. The molecule has 0 spiro atoms. The van der Waals surface area contributed by atoms with Crippen LogP contribution in [-0.4, -0.2) is 35.5 Å². The van der Waals surface area contributed by atoms with E-state index in [9.17, 15) is 9.59 Å². The lowest BCUT2D eigenvalue weighted by Crippen LogP contribution is -2.36. The fraction of sp³-hybridized carbons (Fsp3) is 0.846. The highest BCUT2D eigenvalue weighted by atomic mass is 32.2. The zero-order valence-electron chi connectivity index (χ0n) is 12.0. The second-order valence-corrected chi connectivity index (χ2v) is 6.13. The van der Waals surface area contributed by atoms with Crippen LogP contribution >= 0.6 is 11.8 Å². The minimum atomic E-state index is -0.488. The molecule has 5 heteroatoms. The van der Waals surface area contributed by atoms with Crippen molar-refractivity contribution in [1.82, 2.24) is 5.32 Å². The summed E-state index contributed by atoms with van der Waals surface area (Å²) in [6.45, 7) is 7.48. The Kier molecular flexibility index (Phi) is 8.07. The van der Waals surface area contributed by atoms with Gasteiger partial charge in [0.25, 0.3) is 0 Å². The van der Waals surface area contributed by atoms with Crippen LogP contribution in [-0.2, 0) is 14.3 Å². The van der Waals surface area contributed by atoms with Gasteiger partial charge in [-0.25, -0.2) is 0 Å². The van der Waals surface area contributed by atoms with E-state index >= 15 is 0 Å². The van der Waals surface area contributed by atoms with E-state index in [0.717, 1.165) is 12.2 Å². The molecule has 1 amide bonds. The van der Waals surface area contributed by atoms with Crippen LogP contribution in [0.15, 0.2) is 0 Å². The van der Waals surface area contributed by atoms with Crippen molar-refractivity contribution in [3.8, 4) is 0 Å². The lowest BCUT2D eigenvalue weighted by atomic mass is 10.2. The molecule has 1 N–H and O–H groups in total. The maximum Gasteiger partial charge on any atom is 0.306 e. The Labute approximate surface area is 114 Å². The average molecular weight is 275 g/mol. The topological polar surface area (TPSA) is 55.4 Å². The SMILES string of the molecule is CCC(CSC)NC(=O)CCC(=O)OC(C)(C)C. The van der Waals surface area contributed by atoms with E-state index in [1.807, 2.05) is 34.0 Å². The number of esters is 1. The molecule has 18 heavy (non-hydrogen) atoms. The van der Waals surface area contributed by atoms with Crippen molar-refractivity contribution in [2.24, 2.45) is 0 Å². The van der Waals surface area contributed by atoms with Gasteiger partial charge in [-0.1, -0.05) is 6.92 Å². The summed E-state index contributed by atoms with van der Waals surface area (Å²) in [5.74, 6) is 0.492. The van der Waals surface area contributed by atoms with Crippen molar-refractivity contribution in [2.45, 2.75) is 58.6 Å². The quantitative estimate of drug-likeness (QED) is 0.725. The molecule has 1 atom stereocenters. The van der Waals surface area contributed by atoms with Gasteiger partial charge in [-0.15, -0.1) is 0 Å². The first-order valence-corrected chi connectivity index (χ1v) is 7.68. The molecular weight excluding hydrogens is 250 g/mol. The molecule has 106 valence electrons. The predicted molar refractivity (Wildman–Crippen MR) is 75.7 cm³/mol. The molecule has 0 saturated carbocycles. The second kappa shape index (κ2) is 8.40. The summed E-state index contributed by atoms with van der Waals surface area (Å²) in [7, 11) is 0. The van der Waals surface area contributed by atoms with Gasteiger partial charge in [-0.2, -0.15) is 11.8 Å². The van der Waals surface area contributed by atoms with E-state index in [1.165, 1.54) is 0 Å². The minimum absolute atomic E-state index is 0.0817. The van der Waals surface area contributed by atoms with Crippen LogP contribution in [0.5, 0.6) is 0 Å². The summed E-state index contributed by atoms with van der Waals surface area (Å²) in [5, 5.41) is 2.92. The number of carbonyl (C=O) groups is 2. The van der Waals surface area contributed by atoms with Crippen molar-refractivity contribution >= 4 is 23.6 Å². The third kappa shape index (κ3) is 9.33. The molecular formula is C13H25NO3S. The Balaban J connectivity index is 3.92. The molecule has 0 rings (SSSR count). The van der Waals surface area contributed by atoms with Crippen LogP contribution in [0.3, 0.4) is 0 Å². The van der Waals surface area contributed by atoms with Crippen LogP contribution in [0.2, 0.25) is 0 Å². The third-order valence-electron chi connectivity index (χ3n) is 2.20. The van der Waals surface area contributed by atoms with Gasteiger partial charge in [-0.05, 0) is 33.4 Å². The molecule has 0 radical (unpaired) electrons. The van der Waals surface area contributed by atoms with Crippen molar-refractivity contribution < 1.29 is 14.3 Å². The fourth-order valence-corrected chi connectivity index (χ4v) is 2.09. The average Bonchev–Trinajstić information content (AvgIpc) is 2.23. The van der Waals surface area contributed by atoms with Gasteiger partial charge in [0.2, 0.25) is 5.91 Å². The summed E-state index contributed by atoms with van der Waals surface area (Å²) < 4.78 is 5.14. The molecule has 0 aromatic rings. The van der Waals surface area contributed by atoms with Gasteiger partial charge < -0.3 is 10.1 Å². The van der Waals surface area contributed by atoms with E-state index in [-0.39, 0.29) is 30.8 Å². The Bertz CT molecular complexity index is 274. The van der Waals surface area contributed by atoms with Gasteiger partial charge >= 0.3 is 5.97 Å². The first-order valence-electron chi connectivity index (χ1n) is 6.28. The number of nitrogens with one attached hydrogen (secondary N) is 1. The molecule has 1 unspecified atom stereocenters. The van der Waals surface area contributed by atoms with Crippen LogP contribution in [0.4, 0.5) is 0 Å². The molecule has 0 aromatic carbocycles. The van der Waals surface area contributed by atoms with Gasteiger partial charge in [0.1, 0.15) is 5.60 Å². The number of hydrogen-bond donors (Lipinski definition) is 1. The number of thioether (sulfide) groups is 1. The lowest BCUT2D eigenvalue weighted by Gasteiger charge is -2.19. The molecule has 0 aliphatic rings. The predicted octanol–water partition coefficient (Wildman–Crippen LogP) is 2.37. The second-order valence-electron chi connectivity index (χ2n) is 5.21. The molecule has 0 aliphatic carbocycles. The Morgan fingerprint density at radius 2 is 1.89 bits per heavy atom. The highest BCUT2D eigenvalue weighted by Gasteiger charge is 2.17. The van der Waals surface area contributed by atoms with E-state index in [2.05, 4.69) is 5.32 Å².